The Morgan fingerprint density at radius 2 is 1.88 bits per heavy atom. The van der Waals surface area contributed by atoms with Crippen LogP contribution < -0.4 is 5.32 Å². The molecule has 0 amide bonds. The van der Waals surface area contributed by atoms with Crippen LogP contribution in [0.4, 0.5) is 18.3 Å². The average Bonchev–Trinajstić information content (AvgIpc) is 2.76. The molecule has 0 spiro atoms. The fourth-order valence-corrected chi connectivity index (χ4v) is 1.97. The molecule has 0 atom stereocenters. The van der Waals surface area contributed by atoms with E-state index in [0.717, 1.165) is 22.3 Å². The lowest BCUT2D eigenvalue weighted by Crippen LogP contribution is -2.06. The first-order valence-corrected chi connectivity index (χ1v) is 5.74. The van der Waals surface area contributed by atoms with Gasteiger partial charge < -0.3 is 5.32 Å². The van der Waals surface area contributed by atoms with Crippen LogP contribution in [0.15, 0.2) is 35.7 Å². The highest BCUT2D eigenvalue weighted by Crippen LogP contribution is 2.31. The first-order valence-electron chi connectivity index (χ1n) is 4.86. The zero-order valence-corrected chi connectivity index (χ0v) is 9.48. The number of alkyl halides is 3. The summed E-state index contributed by atoms with van der Waals surface area (Å²) in [7, 11) is 0. The molecule has 90 valence electrons. The van der Waals surface area contributed by atoms with E-state index in [1.807, 2.05) is 30.3 Å². The lowest BCUT2D eigenvalue weighted by molar-refractivity contribution is -0.140. The fourth-order valence-electron chi connectivity index (χ4n) is 1.26. The minimum Gasteiger partial charge on any atom is -0.357 e. The van der Waals surface area contributed by atoms with Gasteiger partial charge >= 0.3 is 6.18 Å². The highest BCUT2D eigenvalue weighted by Gasteiger charge is 2.33. The van der Waals surface area contributed by atoms with E-state index >= 15 is 0 Å². The summed E-state index contributed by atoms with van der Waals surface area (Å²) in [5.74, 6) is 0. The van der Waals surface area contributed by atoms with Gasteiger partial charge in [0.1, 0.15) is 0 Å². The van der Waals surface area contributed by atoms with Crippen LogP contribution in [0, 0.1) is 0 Å². The van der Waals surface area contributed by atoms with Gasteiger partial charge in [0.15, 0.2) is 10.8 Å². The van der Waals surface area contributed by atoms with E-state index in [9.17, 15) is 13.2 Å². The Balaban J connectivity index is 1.99. The van der Waals surface area contributed by atoms with Crippen LogP contribution in [0.1, 0.15) is 11.3 Å². The van der Waals surface area contributed by atoms with Gasteiger partial charge in [-0.15, -0.1) is 11.3 Å². The van der Waals surface area contributed by atoms with Crippen molar-refractivity contribution in [2.24, 2.45) is 0 Å². The molecule has 0 bridgehead atoms. The summed E-state index contributed by atoms with van der Waals surface area (Å²) in [6.45, 7) is 0.464. The number of anilines is 1. The molecular formula is C11H9F3N2S. The quantitative estimate of drug-likeness (QED) is 0.906. The second kappa shape index (κ2) is 4.75. The van der Waals surface area contributed by atoms with Crippen LogP contribution in [-0.2, 0) is 12.7 Å². The molecule has 6 heteroatoms. The van der Waals surface area contributed by atoms with Gasteiger partial charge in [0, 0.05) is 11.9 Å². The molecule has 0 saturated carbocycles. The summed E-state index contributed by atoms with van der Waals surface area (Å²) >= 11 is 0.953. The Kier molecular flexibility index (Phi) is 3.33. The van der Waals surface area contributed by atoms with E-state index in [1.165, 1.54) is 0 Å². The van der Waals surface area contributed by atoms with Gasteiger partial charge in [0.25, 0.3) is 0 Å². The smallest absolute Gasteiger partial charge is 0.357 e. The topological polar surface area (TPSA) is 24.9 Å². The van der Waals surface area contributed by atoms with Gasteiger partial charge in [-0.05, 0) is 5.56 Å². The van der Waals surface area contributed by atoms with Gasteiger partial charge in [-0.25, -0.2) is 4.98 Å². The predicted molar refractivity (Wildman–Crippen MR) is 60.9 cm³/mol. The van der Waals surface area contributed by atoms with Crippen molar-refractivity contribution in [3.63, 3.8) is 0 Å². The van der Waals surface area contributed by atoms with E-state index in [4.69, 9.17) is 0 Å². The van der Waals surface area contributed by atoms with E-state index in [-0.39, 0.29) is 5.13 Å². The number of hydrogen-bond acceptors (Lipinski definition) is 3. The number of nitrogens with one attached hydrogen (secondary N) is 1. The standard InChI is InChI=1S/C11H9F3N2S/c12-11(13,14)9-7-17-10(16-9)15-6-8-4-2-1-3-5-8/h1-5,7H,6H2,(H,15,16). The van der Waals surface area contributed by atoms with Crippen LogP contribution >= 0.6 is 11.3 Å². The molecule has 1 N–H and O–H groups in total. The van der Waals surface area contributed by atoms with Crippen LogP contribution in [0.2, 0.25) is 0 Å². The molecule has 2 aromatic rings. The van der Waals surface area contributed by atoms with Crippen molar-refractivity contribution in [3.05, 3.63) is 47.0 Å². The van der Waals surface area contributed by atoms with Crippen molar-refractivity contribution in [2.45, 2.75) is 12.7 Å². The summed E-state index contributed by atoms with van der Waals surface area (Å²) in [6.07, 6.45) is -4.37. The Morgan fingerprint density at radius 1 is 1.18 bits per heavy atom. The van der Waals surface area contributed by atoms with E-state index in [0.29, 0.717) is 6.54 Å². The van der Waals surface area contributed by atoms with Gasteiger partial charge in [0.2, 0.25) is 0 Å². The molecular weight excluding hydrogens is 249 g/mol. The van der Waals surface area contributed by atoms with Gasteiger partial charge in [-0.1, -0.05) is 30.3 Å². The molecule has 0 fully saturated rings. The molecule has 0 saturated heterocycles. The maximum Gasteiger partial charge on any atom is 0.434 e. The normalized spacial score (nSPS) is 11.5. The molecule has 1 aromatic heterocycles. The number of nitrogens with zero attached hydrogens (tertiary/aromatic N) is 1. The Labute approximate surface area is 100 Å². The number of aromatic nitrogens is 1. The highest BCUT2D eigenvalue weighted by molar-refractivity contribution is 7.13. The van der Waals surface area contributed by atoms with Crippen LogP contribution in [-0.4, -0.2) is 4.98 Å². The SMILES string of the molecule is FC(F)(F)c1csc(NCc2ccccc2)n1. The zero-order chi connectivity index (χ0) is 12.3. The molecule has 0 aliphatic heterocycles. The Hall–Kier alpha value is -1.56. The minimum absolute atomic E-state index is 0.279. The van der Waals surface area contributed by atoms with Gasteiger partial charge in [-0.3, -0.25) is 0 Å². The third-order valence-electron chi connectivity index (χ3n) is 2.08. The van der Waals surface area contributed by atoms with Gasteiger partial charge in [-0.2, -0.15) is 13.2 Å². The summed E-state index contributed by atoms with van der Waals surface area (Å²) in [5.41, 5.74) is 0.148. The summed E-state index contributed by atoms with van der Waals surface area (Å²) in [4.78, 5) is 3.48. The van der Waals surface area contributed by atoms with Crippen molar-refractivity contribution >= 4 is 16.5 Å². The highest BCUT2D eigenvalue weighted by atomic mass is 32.1. The first kappa shape index (κ1) is 11.9. The van der Waals surface area contributed by atoms with Crippen molar-refractivity contribution in [2.75, 3.05) is 5.32 Å². The van der Waals surface area contributed by atoms with Crippen LogP contribution in [0.25, 0.3) is 0 Å². The molecule has 0 aliphatic rings. The number of hydrogen-bond donors (Lipinski definition) is 1. The molecule has 17 heavy (non-hydrogen) atoms. The lowest BCUT2D eigenvalue weighted by atomic mass is 10.2. The number of benzene rings is 1. The first-order chi connectivity index (χ1) is 8.05. The summed E-state index contributed by atoms with van der Waals surface area (Å²) < 4.78 is 36.8. The Morgan fingerprint density at radius 3 is 2.47 bits per heavy atom. The average molecular weight is 258 g/mol. The van der Waals surface area contributed by atoms with Crippen molar-refractivity contribution in [1.82, 2.24) is 4.98 Å². The van der Waals surface area contributed by atoms with Crippen molar-refractivity contribution < 1.29 is 13.2 Å². The third kappa shape index (κ3) is 3.20. The maximum atomic E-state index is 12.3. The molecule has 0 unspecified atom stereocenters. The molecule has 1 aromatic carbocycles. The fraction of sp³-hybridized carbons (Fsp3) is 0.182. The summed E-state index contributed by atoms with van der Waals surface area (Å²) in [5, 5.41) is 4.15. The second-order valence-electron chi connectivity index (χ2n) is 3.37. The second-order valence-corrected chi connectivity index (χ2v) is 4.23. The number of halogens is 3. The maximum absolute atomic E-state index is 12.3. The zero-order valence-electron chi connectivity index (χ0n) is 8.66. The molecule has 1 heterocycles. The lowest BCUT2D eigenvalue weighted by Gasteiger charge is -2.03. The molecule has 0 radical (unpaired) electrons. The number of thiazole rings is 1. The summed E-state index contributed by atoms with van der Waals surface area (Å²) in [6, 6.07) is 9.42. The van der Waals surface area contributed by atoms with Gasteiger partial charge in [0.05, 0.1) is 0 Å². The molecule has 2 rings (SSSR count). The molecule has 0 aliphatic carbocycles. The van der Waals surface area contributed by atoms with E-state index in [2.05, 4.69) is 10.3 Å². The van der Waals surface area contributed by atoms with E-state index < -0.39 is 11.9 Å². The van der Waals surface area contributed by atoms with Crippen molar-refractivity contribution in [1.29, 1.82) is 0 Å². The third-order valence-corrected chi connectivity index (χ3v) is 2.88. The number of rotatable bonds is 3. The Bertz CT molecular complexity index is 479. The van der Waals surface area contributed by atoms with Crippen LogP contribution in [0.5, 0.6) is 0 Å². The minimum atomic E-state index is -4.37. The van der Waals surface area contributed by atoms with E-state index in [1.54, 1.807) is 0 Å². The predicted octanol–water partition coefficient (Wildman–Crippen LogP) is 3.77. The molecule has 2 nitrogen and oxygen atoms in total. The van der Waals surface area contributed by atoms with Crippen molar-refractivity contribution in [3.8, 4) is 0 Å². The largest absolute Gasteiger partial charge is 0.434 e. The van der Waals surface area contributed by atoms with Crippen LogP contribution in [0.3, 0.4) is 0 Å². The monoisotopic (exact) mass is 258 g/mol.